The van der Waals surface area contributed by atoms with E-state index in [1.165, 1.54) is 31.5 Å². The van der Waals surface area contributed by atoms with Gasteiger partial charge in [0.25, 0.3) is 0 Å². The molecule has 0 amide bonds. The van der Waals surface area contributed by atoms with Crippen LogP contribution in [0.3, 0.4) is 0 Å². The Kier molecular flexibility index (Phi) is 3.34. The molecule has 16 heavy (non-hydrogen) atoms. The van der Waals surface area contributed by atoms with E-state index >= 15 is 0 Å². The first-order valence-electron chi connectivity index (χ1n) is 5.96. The number of anilines is 2. The van der Waals surface area contributed by atoms with Gasteiger partial charge in [-0.2, -0.15) is 0 Å². The van der Waals surface area contributed by atoms with Crippen molar-refractivity contribution in [2.75, 3.05) is 31.2 Å². The van der Waals surface area contributed by atoms with Crippen molar-refractivity contribution in [3.63, 3.8) is 0 Å². The van der Waals surface area contributed by atoms with E-state index in [1.54, 1.807) is 0 Å². The fourth-order valence-corrected chi connectivity index (χ4v) is 2.28. The number of piperidine rings is 1. The van der Waals surface area contributed by atoms with Gasteiger partial charge in [-0.05, 0) is 63.7 Å². The number of hydrogen-bond acceptors (Lipinski definition) is 3. The highest BCUT2D eigenvalue weighted by Crippen LogP contribution is 2.19. The number of hydrogen-bond donors (Lipinski definition) is 2. The van der Waals surface area contributed by atoms with Crippen molar-refractivity contribution in [1.82, 2.24) is 4.90 Å². The molecule has 0 atom stereocenters. The Morgan fingerprint density at radius 2 is 1.94 bits per heavy atom. The third-order valence-electron chi connectivity index (χ3n) is 3.19. The summed E-state index contributed by atoms with van der Waals surface area (Å²) in [5, 5.41) is 3.58. The quantitative estimate of drug-likeness (QED) is 0.748. The van der Waals surface area contributed by atoms with Gasteiger partial charge in [0.15, 0.2) is 0 Å². The van der Waals surface area contributed by atoms with Gasteiger partial charge in [0, 0.05) is 17.4 Å². The average Bonchev–Trinajstić information content (AvgIpc) is 2.20. The van der Waals surface area contributed by atoms with Crippen LogP contribution in [0.25, 0.3) is 0 Å². The fraction of sp³-hybridized carbons (Fsp3) is 0.538. The Morgan fingerprint density at radius 1 is 1.25 bits per heavy atom. The van der Waals surface area contributed by atoms with Gasteiger partial charge >= 0.3 is 0 Å². The molecular formula is C13H21N3. The van der Waals surface area contributed by atoms with Crippen molar-refractivity contribution in [1.29, 1.82) is 0 Å². The molecule has 0 radical (unpaired) electrons. The number of nitrogens with zero attached hydrogens (tertiary/aromatic N) is 1. The minimum absolute atomic E-state index is 0.595. The number of nitrogens with one attached hydrogen (secondary N) is 1. The molecule has 0 saturated carbocycles. The van der Waals surface area contributed by atoms with Crippen LogP contribution in [-0.2, 0) is 0 Å². The lowest BCUT2D eigenvalue weighted by Crippen LogP contribution is -2.36. The van der Waals surface area contributed by atoms with Crippen LogP contribution in [0.5, 0.6) is 0 Å². The standard InChI is InChI=1S/C13H21N3/c1-10-7-11(14)9-13(8-10)15-12-3-5-16(2)6-4-12/h7-9,12,15H,3-6,14H2,1-2H3. The van der Waals surface area contributed by atoms with Gasteiger partial charge in [-0.15, -0.1) is 0 Å². The maximum Gasteiger partial charge on any atom is 0.0365 e. The summed E-state index contributed by atoms with van der Waals surface area (Å²) in [6.07, 6.45) is 2.43. The highest BCUT2D eigenvalue weighted by Gasteiger charge is 2.16. The van der Waals surface area contributed by atoms with Crippen LogP contribution >= 0.6 is 0 Å². The van der Waals surface area contributed by atoms with Crippen molar-refractivity contribution >= 4 is 11.4 Å². The summed E-state index contributed by atoms with van der Waals surface area (Å²) in [4.78, 5) is 2.38. The summed E-state index contributed by atoms with van der Waals surface area (Å²) < 4.78 is 0. The topological polar surface area (TPSA) is 41.3 Å². The molecular weight excluding hydrogens is 198 g/mol. The molecule has 88 valence electrons. The van der Waals surface area contributed by atoms with E-state index in [4.69, 9.17) is 5.73 Å². The second-order valence-electron chi connectivity index (χ2n) is 4.85. The molecule has 0 spiro atoms. The van der Waals surface area contributed by atoms with Gasteiger partial charge in [0.1, 0.15) is 0 Å². The van der Waals surface area contributed by atoms with E-state index in [-0.39, 0.29) is 0 Å². The average molecular weight is 219 g/mol. The molecule has 0 bridgehead atoms. The molecule has 1 aliphatic rings. The zero-order valence-electron chi connectivity index (χ0n) is 10.2. The zero-order chi connectivity index (χ0) is 11.5. The summed E-state index contributed by atoms with van der Waals surface area (Å²) >= 11 is 0. The van der Waals surface area contributed by atoms with Gasteiger partial charge in [0.05, 0.1) is 0 Å². The molecule has 1 aliphatic heterocycles. The molecule has 1 heterocycles. The third kappa shape index (κ3) is 2.89. The number of rotatable bonds is 2. The molecule has 1 aromatic rings. The van der Waals surface area contributed by atoms with E-state index in [9.17, 15) is 0 Å². The monoisotopic (exact) mass is 219 g/mol. The lowest BCUT2D eigenvalue weighted by atomic mass is 10.0. The summed E-state index contributed by atoms with van der Waals surface area (Å²) in [6, 6.07) is 6.78. The van der Waals surface area contributed by atoms with Gasteiger partial charge in [-0.3, -0.25) is 0 Å². The zero-order valence-corrected chi connectivity index (χ0v) is 10.2. The highest BCUT2D eigenvalue weighted by molar-refractivity contribution is 5.57. The molecule has 0 aromatic heterocycles. The second kappa shape index (κ2) is 4.74. The smallest absolute Gasteiger partial charge is 0.0365 e. The Bertz CT molecular complexity index is 334. The summed E-state index contributed by atoms with van der Waals surface area (Å²) in [5.41, 5.74) is 9.06. The molecule has 0 unspecified atom stereocenters. The number of benzene rings is 1. The van der Waals surface area contributed by atoms with Crippen molar-refractivity contribution in [3.05, 3.63) is 23.8 Å². The van der Waals surface area contributed by atoms with Crippen LogP contribution in [0.2, 0.25) is 0 Å². The Labute approximate surface area is 97.6 Å². The van der Waals surface area contributed by atoms with Crippen molar-refractivity contribution < 1.29 is 0 Å². The van der Waals surface area contributed by atoms with Crippen LogP contribution in [0, 0.1) is 6.92 Å². The Balaban J connectivity index is 1.98. The molecule has 1 fully saturated rings. The molecule has 3 N–H and O–H groups in total. The minimum atomic E-state index is 0.595. The van der Waals surface area contributed by atoms with Crippen molar-refractivity contribution in [3.8, 4) is 0 Å². The molecule has 1 saturated heterocycles. The SMILES string of the molecule is Cc1cc(N)cc(NC2CCN(C)CC2)c1. The summed E-state index contributed by atoms with van der Waals surface area (Å²) in [5.74, 6) is 0. The summed E-state index contributed by atoms with van der Waals surface area (Å²) in [7, 11) is 2.18. The Morgan fingerprint density at radius 3 is 2.56 bits per heavy atom. The molecule has 2 rings (SSSR count). The van der Waals surface area contributed by atoms with Crippen LogP contribution in [0.15, 0.2) is 18.2 Å². The van der Waals surface area contributed by atoms with E-state index < -0.39 is 0 Å². The van der Waals surface area contributed by atoms with Gasteiger partial charge in [0.2, 0.25) is 0 Å². The predicted octanol–water partition coefficient (Wildman–Crippen LogP) is 2.08. The first-order chi connectivity index (χ1) is 7.63. The summed E-state index contributed by atoms with van der Waals surface area (Å²) in [6.45, 7) is 4.44. The highest BCUT2D eigenvalue weighted by atomic mass is 15.1. The first-order valence-corrected chi connectivity index (χ1v) is 5.96. The first kappa shape index (κ1) is 11.3. The van der Waals surface area contributed by atoms with Gasteiger partial charge in [-0.25, -0.2) is 0 Å². The normalized spacial score (nSPS) is 18.6. The minimum Gasteiger partial charge on any atom is -0.399 e. The van der Waals surface area contributed by atoms with E-state index in [1.807, 2.05) is 12.1 Å². The molecule has 3 heteroatoms. The van der Waals surface area contributed by atoms with Crippen LogP contribution in [0.4, 0.5) is 11.4 Å². The maximum atomic E-state index is 5.84. The van der Waals surface area contributed by atoms with E-state index in [2.05, 4.69) is 30.3 Å². The second-order valence-corrected chi connectivity index (χ2v) is 4.85. The van der Waals surface area contributed by atoms with Crippen LogP contribution in [0.1, 0.15) is 18.4 Å². The van der Waals surface area contributed by atoms with E-state index in [0.29, 0.717) is 6.04 Å². The fourth-order valence-electron chi connectivity index (χ4n) is 2.28. The lowest BCUT2D eigenvalue weighted by Gasteiger charge is -2.30. The number of nitrogens with two attached hydrogens (primary N) is 1. The van der Waals surface area contributed by atoms with Crippen LogP contribution < -0.4 is 11.1 Å². The lowest BCUT2D eigenvalue weighted by molar-refractivity contribution is 0.264. The van der Waals surface area contributed by atoms with Gasteiger partial charge < -0.3 is 16.0 Å². The third-order valence-corrected chi connectivity index (χ3v) is 3.19. The maximum absolute atomic E-state index is 5.84. The van der Waals surface area contributed by atoms with E-state index in [0.717, 1.165) is 11.4 Å². The molecule has 0 aliphatic carbocycles. The van der Waals surface area contributed by atoms with Crippen molar-refractivity contribution in [2.45, 2.75) is 25.8 Å². The Hall–Kier alpha value is -1.22. The van der Waals surface area contributed by atoms with Crippen LogP contribution in [-0.4, -0.2) is 31.1 Å². The van der Waals surface area contributed by atoms with Crippen molar-refractivity contribution in [2.24, 2.45) is 0 Å². The molecule has 1 aromatic carbocycles. The van der Waals surface area contributed by atoms with Gasteiger partial charge in [-0.1, -0.05) is 0 Å². The largest absolute Gasteiger partial charge is 0.399 e. The number of nitrogen functional groups attached to an aromatic ring is 1. The number of likely N-dealkylation sites (tertiary alicyclic amines) is 1. The predicted molar refractivity (Wildman–Crippen MR) is 69.7 cm³/mol. The number of aryl methyl sites for hydroxylation is 1. The molecule has 3 nitrogen and oxygen atoms in total.